The zero-order valence-corrected chi connectivity index (χ0v) is 15.2. The standard InChI is InChI=1S/C20H23N3O3/c1-4-14-7-9-15(10-8-14)17(23(2)3)13-21-20(24)16-12-19(26-22-16)18-6-5-11-25-18/h5-12,17H,4,13H2,1-3H3,(H,21,24). The summed E-state index contributed by atoms with van der Waals surface area (Å²) in [5.74, 6) is 0.696. The van der Waals surface area contributed by atoms with Crippen molar-refractivity contribution in [1.82, 2.24) is 15.4 Å². The smallest absolute Gasteiger partial charge is 0.273 e. The number of likely N-dealkylation sites (N-methyl/N-ethyl adjacent to an activating group) is 1. The largest absolute Gasteiger partial charge is 0.461 e. The predicted molar refractivity (Wildman–Crippen MR) is 98.8 cm³/mol. The predicted octanol–water partition coefficient (Wildman–Crippen LogP) is 3.53. The van der Waals surface area contributed by atoms with Crippen molar-refractivity contribution in [1.29, 1.82) is 0 Å². The summed E-state index contributed by atoms with van der Waals surface area (Å²) in [5, 5.41) is 6.76. The normalized spacial score (nSPS) is 12.3. The number of benzene rings is 1. The third-order valence-corrected chi connectivity index (χ3v) is 4.36. The second-order valence-electron chi connectivity index (χ2n) is 6.34. The lowest BCUT2D eigenvalue weighted by molar-refractivity contribution is 0.0933. The van der Waals surface area contributed by atoms with E-state index in [0.29, 0.717) is 18.1 Å². The molecular formula is C20H23N3O3. The van der Waals surface area contributed by atoms with E-state index in [4.69, 9.17) is 8.94 Å². The molecular weight excluding hydrogens is 330 g/mol. The van der Waals surface area contributed by atoms with E-state index in [9.17, 15) is 4.79 Å². The minimum atomic E-state index is -0.274. The van der Waals surface area contributed by atoms with Crippen molar-refractivity contribution in [2.24, 2.45) is 0 Å². The van der Waals surface area contributed by atoms with E-state index in [2.05, 4.69) is 46.6 Å². The van der Waals surface area contributed by atoms with Crippen LogP contribution in [0.15, 0.2) is 57.7 Å². The lowest BCUT2D eigenvalue weighted by atomic mass is 10.0. The molecule has 0 spiro atoms. The summed E-state index contributed by atoms with van der Waals surface area (Å²) >= 11 is 0. The maximum absolute atomic E-state index is 12.4. The van der Waals surface area contributed by atoms with Crippen LogP contribution >= 0.6 is 0 Å². The van der Waals surface area contributed by atoms with Crippen LogP contribution in [0.4, 0.5) is 0 Å². The van der Waals surface area contributed by atoms with E-state index in [0.717, 1.165) is 12.0 Å². The van der Waals surface area contributed by atoms with Gasteiger partial charge in [0.2, 0.25) is 5.76 Å². The summed E-state index contributed by atoms with van der Waals surface area (Å²) in [6.07, 6.45) is 2.55. The summed E-state index contributed by atoms with van der Waals surface area (Å²) in [6, 6.07) is 13.6. The van der Waals surface area contributed by atoms with Gasteiger partial charge in [-0.05, 0) is 43.8 Å². The first-order valence-electron chi connectivity index (χ1n) is 8.62. The molecule has 0 fully saturated rings. The molecule has 0 aliphatic rings. The third-order valence-electron chi connectivity index (χ3n) is 4.36. The first-order chi connectivity index (χ1) is 12.6. The molecule has 0 saturated carbocycles. The van der Waals surface area contributed by atoms with Crippen molar-refractivity contribution in [3.63, 3.8) is 0 Å². The molecule has 1 unspecified atom stereocenters. The Morgan fingerprint density at radius 3 is 2.58 bits per heavy atom. The molecule has 0 radical (unpaired) electrons. The molecule has 1 N–H and O–H groups in total. The van der Waals surface area contributed by atoms with Crippen LogP contribution < -0.4 is 5.32 Å². The summed E-state index contributed by atoms with van der Waals surface area (Å²) in [6.45, 7) is 2.60. The molecule has 1 atom stereocenters. The maximum atomic E-state index is 12.4. The van der Waals surface area contributed by atoms with Crippen molar-refractivity contribution >= 4 is 5.91 Å². The monoisotopic (exact) mass is 353 g/mol. The summed E-state index contributed by atoms with van der Waals surface area (Å²) in [7, 11) is 3.99. The first-order valence-corrected chi connectivity index (χ1v) is 8.62. The SMILES string of the molecule is CCc1ccc(C(CNC(=O)c2cc(-c3ccco3)on2)N(C)C)cc1. The van der Waals surface area contributed by atoms with Gasteiger partial charge in [0.05, 0.1) is 12.3 Å². The number of amides is 1. The van der Waals surface area contributed by atoms with Crippen LogP contribution in [0.1, 0.15) is 34.6 Å². The Morgan fingerprint density at radius 1 is 1.19 bits per heavy atom. The van der Waals surface area contributed by atoms with Gasteiger partial charge in [0.1, 0.15) is 0 Å². The molecule has 6 nitrogen and oxygen atoms in total. The number of hydrogen-bond donors (Lipinski definition) is 1. The van der Waals surface area contributed by atoms with Gasteiger partial charge in [-0.25, -0.2) is 0 Å². The summed E-state index contributed by atoms with van der Waals surface area (Å²) < 4.78 is 10.4. The van der Waals surface area contributed by atoms with Gasteiger partial charge in [-0.1, -0.05) is 36.3 Å². The third kappa shape index (κ3) is 4.03. The molecule has 3 rings (SSSR count). The molecule has 1 aromatic carbocycles. The zero-order valence-electron chi connectivity index (χ0n) is 15.2. The van der Waals surface area contributed by atoms with E-state index in [-0.39, 0.29) is 17.6 Å². The van der Waals surface area contributed by atoms with Gasteiger partial charge in [-0.3, -0.25) is 4.79 Å². The van der Waals surface area contributed by atoms with Gasteiger partial charge in [0, 0.05) is 12.6 Å². The van der Waals surface area contributed by atoms with Crippen molar-refractivity contribution in [2.75, 3.05) is 20.6 Å². The summed E-state index contributed by atoms with van der Waals surface area (Å²) in [4.78, 5) is 14.5. The lowest BCUT2D eigenvalue weighted by Gasteiger charge is -2.25. The fourth-order valence-corrected chi connectivity index (χ4v) is 2.77. The fraction of sp³-hybridized carbons (Fsp3) is 0.300. The Hall–Kier alpha value is -2.86. The second-order valence-corrected chi connectivity index (χ2v) is 6.34. The number of nitrogens with zero attached hydrogens (tertiary/aromatic N) is 2. The Balaban J connectivity index is 1.66. The fourth-order valence-electron chi connectivity index (χ4n) is 2.77. The molecule has 136 valence electrons. The number of aryl methyl sites for hydroxylation is 1. The van der Waals surface area contributed by atoms with Gasteiger partial charge >= 0.3 is 0 Å². The van der Waals surface area contributed by atoms with Crippen LogP contribution in [0.5, 0.6) is 0 Å². The van der Waals surface area contributed by atoms with E-state index < -0.39 is 0 Å². The Kier molecular flexibility index (Phi) is 5.53. The number of rotatable bonds is 7. The molecule has 0 aliphatic heterocycles. The first kappa shape index (κ1) is 17.9. The van der Waals surface area contributed by atoms with Crippen LogP contribution in [0, 0.1) is 0 Å². The number of carbonyl (C=O) groups excluding carboxylic acids is 1. The van der Waals surface area contributed by atoms with Gasteiger partial charge in [0.15, 0.2) is 11.5 Å². The zero-order chi connectivity index (χ0) is 18.5. The van der Waals surface area contributed by atoms with Crippen LogP contribution in [-0.2, 0) is 6.42 Å². The average molecular weight is 353 g/mol. The Bertz CT molecular complexity index is 836. The Labute approximate surface area is 152 Å². The molecule has 1 amide bonds. The van der Waals surface area contributed by atoms with Gasteiger partial charge < -0.3 is 19.2 Å². The highest BCUT2D eigenvalue weighted by Gasteiger charge is 2.19. The van der Waals surface area contributed by atoms with Crippen molar-refractivity contribution < 1.29 is 13.7 Å². The van der Waals surface area contributed by atoms with E-state index in [1.165, 1.54) is 5.56 Å². The molecule has 26 heavy (non-hydrogen) atoms. The van der Waals surface area contributed by atoms with E-state index in [1.54, 1.807) is 24.5 Å². The molecule has 6 heteroatoms. The van der Waals surface area contributed by atoms with Crippen LogP contribution in [0.25, 0.3) is 11.5 Å². The topological polar surface area (TPSA) is 71.5 Å². The van der Waals surface area contributed by atoms with Crippen LogP contribution in [0.2, 0.25) is 0 Å². The highest BCUT2D eigenvalue weighted by molar-refractivity contribution is 5.92. The number of furan rings is 1. The van der Waals surface area contributed by atoms with Gasteiger partial charge in [-0.2, -0.15) is 0 Å². The number of carbonyl (C=O) groups is 1. The highest BCUT2D eigenvalue weighted by atomic mass is 16.5. The van der Waals surface area contributed by atoms with Crippen LogP contribution in [-0.4, -0.2) is 36.6 Å². The van der Waals surface area contributed by atoms with Gasteiger partial charge in [-0.15, -0.1) is 0 Å². The number of nitrogens with one attached hydrogen (secondary N) is 1. The van der Waals surface area contributed by atoms with E-state index >= 15 is 0 Å². The maximum Gasteiger partial charge on any atom is 0.273 e. The Morgan fingerprint density at radius 2 is 1.96 bits per heavy atom. The molecule has 2 heterocycles. The molecule has 0 aliphatic carbocycles. The minimum absolute atomic E-state index is 0.0706. The molecule has 0 bridgehead atoms. The average Bonchev–Trinajstić information content (AvgIpc) is 3.33. The van der Waals surface area contributed by atoms with Crippen LogP contribution in [0.3, 0.4) is 0 Å². The highest BCUT2D eigenvalue weighted by Crippen LogP contribution is 2.21. The van der Waals surface area contributed by atoms with Crippen molar-refractivity contribution in [2.45, 2.75) is 19.4 Å². The molecule has 2 aromatic heterocycles. The quantitative estimate of drug-likeness (QED) is 0.703. The second kappa shape index (κ2) is 8.01. The van der Waals surface area contributed by atoms with Crippen molar-refractivity contribution in [3.8, 4) is 11.5 Å². The number of hydrogen-bond acceptors (Lipinski definition) is 5. The number of aromatic nitrogens is 1. The molecule has 0 saturated heterocycles. The van der Waals surface area contributed by atoms with Crippen molar-refractivity contribution in [3.05, 3.63) is 65.5 Å². The minimum Gasteiger partial charge on any atom is -0.461 e. The molecule has 3 aromatic rings. The van der Waals surface area contributed by atoms with Gasteiger partial charge in [0.25, 0.3) is 5.91 Å². The van der Waals surface area contributed by atoms with E-state index in [1.807, 2.05) is 14.1 Å². The summed E-state index contributed by atoms with van der Waals surface area (Å²) in [5.41, 5.74) is 2.68. The lowest BCUT2D eigenvalue weighted by Crippen LogP contribution is -2.34.